The summed E-state index contributed by atoms with van der Waals surface area (Å²) >= 11 is 0. The van der Waals surface area contributed by atoms with Gasteiger partial charge < -0.3 is 10.1 Å². The summed E-state index contributed by atoms with van der Waals surface area (Å²) in [5, 5.41) is 9.73. The van der Waals surface area contributed by atoms with Crippen LogP contribution in [-0.4, -0.2) is 21.1 Å². The second-order valence-electron chi connectivity index (χ2n) is 6.14. The van der Waals surface area contributed by atoms with Gasteiger partial charge >= 0.3 is 0 Å². The van der Waals surface area contributed by atoms with Crippen LogP contribution in [0.4, 0.5) is 5.69 Å². The number of carbonyl (C=O) groups is 1. The van der Waals surface area contributed by atoms with Crippen LogP contribution in [-0.2, 0) is 6.61 Å². The number of anilines is 1. The van der Waals surface area contributed by atoms with Crippen molar-refractivity contribution in [2.75, 3.05) is 5.32 Å². The van der Waals surface area contributed by atoms with Crippen molar-refractivity contribution in [2.45, 2.75) is 6.61 Å². The molecule has 138 valence electrons. The van der Waals surface area contributed by atoms with Gasteiger partial charge in [-0.1, -0.05) is 60.7 Å². The Bertz CT molecular complexity index is 1040. The minimum Gasteiger partial charge on any atom is -0.473 e. The highest BCUT2D eigenvalue weighted by Crippen LogP contribution is 2.22. The van der Waals surface area contributed by atoms with Gasteiger partial charge in [-0.25, -0.2) is 4.98 Å². The third-order valence-electron chi connectivity index (χ3n) is 4.17. The van der Waals surface area contributed by atoms with E-state index in [9.17, 15) is 4.79 Å². The molecule has 0 bridgehead atoms. The van der Waals surface area contributed by atoms with E-state index < -0.39 is 0 Å². The molecule has 0 unspecified atom stereocenters. The molecule has 6 heteroatoms. The molecular weight excluding hydrogens is 352 g/mol. The standard InChI is InChI=1S/C22H18N4O2/c27-22(19-14-24-26-21(19)17-9-5-2-6-10-17)25-18-11-12-20(23-13-18)28-15-16-7-3-1-4-8-16/h1-14H,15H2,(H,24,26)(H,25,27). The van der Waals surface area contributed by atoms with E-state index in [1.165, 1.54) is 6.20 Å². The van der Waals surface area contributed by atoms with E-state index in [-0.39, 0.29) is 5.91 Å². The molecule has 2 aromatic carbocycles. The maximum atomic E-state index is 12.6. The van der Waals surface area contributed by atoms with Crippen LogP contribution in [0.15, 0.2) is 85.2 Å². The fourth-order valence-electron chi connectivity index (χ4n) is 2.75. The van der Waals surface area contributed by atoms with Crippen molar-refractivity contribution >= 4 is 11.6 Å². The molecule has 28 heavy (non-hydrogen) atoms. The third-order valence-corrected chi connectivity index (χ3v) is 4.17. The summed E-state index contributed by atoms with van der Waals surface area (Å²) in [7, 11) is 0. The van der Waals surface area contributed by atoms with Crippen LogP contribution in [0.5, 0.6) is 5.88 Å². The number of amides is 1. The van der Waals surface area contributed by atoms with Crippen molar-refractivity contribution in [3.8, 4) is 17.1 Å². The average molecular weight is 370 g/mol. The van der Waals surface area contributed by atoms with Crippen LogP contribution < -0.4 is 10.1 Å². The fourth-order valence-corrected chi connectivity index (χ4v) is 2.75. The van der Waals surface area contributed by atoms with E-state index in [1.54, 1.807) is 18.3 Å². The van der Waals surface area contributed by atoms with Crippen LogP contribution in [0.2, 0.25) is 0 Å². The Morgan fingerprint density at radius 2 is 1.68 bits per heavy atom. The number of nitrogens with one attached hydrogen (secondary N) is 2. The minimum absolute atomic E-state index is 0.257. The van der Waals surface area contributed by atoms with Gasteiger partial charge in [0.2, 0.25) is 5.88 Å². The predicted molar refractivity (Wildman–Crippen MR) is 107 cm³/mol. The molecule has 0 fully saturated rings. The molecule has 1 amide bonds. The van der Waals surface area contributed by atoms with Crippen LogP contribution in [0, 0.1) is 0 Å². The molecular formula is C22H18N4O2. The molecule has 0 aliphatic heterocycles. The van der Waals surface area contributed by atoms with Crippen molar-refractivity contribution in [1.82, 2.24) is 15.2 Å². The minimum atomic E-state index is -0.257. The molecule has 0 spiro atoms. The van der Waals surface area contributed by atoms with E-state index in [0.717, 1.165) is 11.1 Å². The first-order valence-corrected chi connectivity index (χ1v) is 8.82. The lowest BCUT2D eigenvalue weighted by Gasteiger charge is -2.08. The topological polar surface area (TPSA) is 79.9 Å². The molecule has 4 rings (SSSR count). The Kier molecular flexibility index (Phi) is 5.11. The van der Waals surface area contributed by atoms with Crippen LogP contribution >= 0.6 is 0 Å². The van der Waals surface area contributed by atoms with Crippen molar-refractivity contribution < 1.29 is 9.53 Å². The van der Waals surface area contributed by atoms with Crippen LogP contribution in [0.25, 0.3) is 11.3 Å². The lowest BCUT2D eigenvalue weighted by molar-refractivity contribution is 0.102. The fraction of sp³-hybridized carbons (Fsp3) is 0.0455. The molecule has 2 aromatic heterocycles. The normalized spacial score (nSPS) is 10.4. The number of hydrogen-bond donors (Lipinski definition) is 2. The van der Waals surface area contributed by atoms with E-state index in [1.807, 2.05) is 60.7 Å². The molecule has 2 heterocycles. The van der Waals surface area contributed by atoms with Gasteiger partial charge in [-0.15, -0.1) is 0 Å². The van der Waals surface area contributed by atoms with Crippen LogP contribution in [0.3, 0.4) is 0 Å². The number of aromatic nitrogens is 3. The Labute approximate surface area is 162 Å². The van der Waals surface area contributed by atoms with Crippen LogP contribution in [0.1, 0.15) is 15.9 Å². The van der Waals surface area contributed by atoms with Crippen molar-refractivity contribution in [1.29, 1.82) is 0 Å². The van der Waals surface area contributed by atoms with Gasteiger partial charge in [0, 0.05) is 11.6 Å². The molecule has 0 saturated heterocycles. The molecule has 0 atom stereocenters. The van der Waals surface area contributed by atoms with Gasteiger partial charge in [0.15, 0.2) is 0 Å². The maximum absolute atomic E-state index is 12.6. The maximum Gasteiger partial charge on any atom is 0.259 e. The number of aromatic amines is 1. The first-order valence-electron chi connectivity index (χ1n) is 8.82. The summed E-state index contributed by atoms with van der Waals surface area (Å²) in [6, 6.07) is 22.9. The number of nitrogens with zero attached hydrogens (tertiary/aromatic N) is 2. The molecule has 0 aliphatic rings. The zero-order chi connectivity index (χ0) is 19.2. The molecule has 0 saturated carbocycles. The summed E-state index contributed by atoms with van der Waals surface area (Å²) in [5.74, 6) is 0.238. The second-order valence-corrected chi connectivity index (χ2v) is 6.14. The Hall–Kier alpha value is -3.93. The molecule has 0 aliphatic carbocycles. The van der Waals surface area contributed by atoms with Crippen molar-refractivity contribution in [3.63, 3.8) is 0 Å². The Morgan fingerprint density at radius 3 is 2.39 bits per heavy atom. The monoisotopic (exact) mass is 370 g/mol. The van der Waals surface area contributed by atoms with E-state index in [4.69, 9.17) is 4.74 Å². The number of benzene rings is 2. The molecule has 0 radical (unpaired) electrons. The highest BCUT2D eigenvalue weighted by atomic mass is 16.5. The van der Waals surface area contributed by atoms with Gasteiger partial charge in [-0.2, -0.15) is 5.10 Å². The van der Waals surface area contributed by atoms with E-state index >= 15 is 0 Å². The van der Waals surface area contributed by atoms with E-state index in [0.29, 0.717) is 29.4 Å². The summed E-state index contributed by atoms with van der Waals surface area (Å²) in [6.45, 7) is 0.439. The zero-order valence-corrected chi connectivity index (χ0v) is 15.0. The first-order chi connectivity index (χ1) is 13.8. The lowest BCUT2D eigenvalue weighted by Crippen LogP contribution is -2.12. The molecule has 6 nitrogen and oxygen atoms in total. The number of ether oxygens (including phenoxy) is 1. The smallest absolute Gasteiger partial charge is 0.259 e. The average Bonchev–Trinajstić information content (AvgIpc) is 3.25. The third kappa shape index (κ3) is 4.07. The number of pyridine rings is 1. The summed E-state index contributed by atoms with van der Waals surface area (Å²) in [6.07, 6.45) is 3.09. The first kappa shape index (κ1) is 17.5. The molecule has 4 aromatic rings. The van der Waals surface area contributed by atoms with Gasteiger partial charge in [-0.05, 0) is 11.6 Å². The van der Waals surface area contributed by atoms with Crippen molar-refractivity contribution in [2.24, 2.45) is 0 Å². The van der Waals surface area contributed by atoms with Gasteiger partial charge in [0.25, 0.3) is 5.91 Å². The quantitative estimate of drug-likeness (QED) is 0.530. The highest BCUT2D eigenvalue weighted by molar-refractivity contribution is 6.07. The van der Waals surface area contributed by atoms with Crippen molar-refractivity contribution in [3.05, 3.63) is 96.3 Å². The highest BCUT2D eigenvalue weighted by Gasteiger charge is 2.15. The Balaban J connectivity index is 1.41. The number of carbonyl (C=O) groups excluding carboxylic acids is 1. The lowest BCUT2D eigenvalue weighted by atomic mass is 10.1. The number of H-pyrrole nitrogens is 1. The second kappa shape index (κ2) is 8.18. The summed E-state index contributed by atoms with van der Waals surface area (Å²) in [4.78, 5) is 16.9. The largest absolute Gasteiger partial charge is 0.473 e. The number of rotatable bonds is 6. The van der Waals surface area contributed by atoms with E-state index in [2.05, 4.69) is 20.5 Å². The zero-order valence-electron chi connectivity index (χ0n) is 15.0. The SMILES string of the molecule is O=C(Nc1ccc(OCc2ccccc2)nc1)c1cn[nH]c1-c1ccccc1. The number of hydrogen-bond acceptors (Lipinski definition) is 4. The van der Waals surface area contributed by atoms with Gasteiger partial charge in [0.1, 0.15) is 6.61 Å². The van der Waals surface area contributed by atoms with Gasteiger partial charge in [-0.3, -0.25) is 9.89 Å². The Morgan fingerprint density at radius 1 is 0.929 bits per heavy atom. The van der Waals surface area contributed by atoms with Gasteiger partial charge in [0.05, 0.1) is 29.3 Å². The summed E-state index contributed by atoms with van der Waals surface area (Å²) < 4.78 is 5.66. The molecule has 2 N–H and O–H groups in total. The summed E-state index contributed by atoms with van der Waals surface area (Å²) in [5.41, 5.74) is 3.68. The predicted octanol–water partition coefficient (Wildman–Crippen LogP) is 4.30.